The normalized spacial score (nSPS) is 15.6. The van der Waals surface area contributed by atoms with Crippen LogP contribution in [0.15, 0.2) is 0 Å². The third-order valence-corrected chi connectivity index (χ3v) is 4.89. The molecule has 0 radical (unpaired) electrons. The second-order valence-corrected chi connectivity index (χ2v) is 6.70. The van der Waals surface area contributed by atoms with Crippen LogP contribution in [0.2, 0.25) is 0 Å². The van der Waals surface area contributed by atoms with Gasteiger partial charge in [-0.2, -0.15) is 0 Å². The average molecular weight is 370 g/mol. The van der Waals surface area contributed by atoms with Crippen LogP contribution in [-0.4, -0.2) is 38.4 Å². The summed E-state index contributed by atoms with van der Waals surface area (Å²) in [7, 11) is 0. The van der Waals surface area contributed by atoms with E-state index in [4.69, 9.17) is 18.9 Å². The SMILES string of the molecule is CCOC(=O)c1sc(C(=O)OCC)c2c1OCCCCCCCCO2. The quantitative estimate of drug-likeness (QED) is 0.739. The van der Waals surface area contributed by atoms with Crippen molar-refractivity contribution in [2.24, 2.45) is 0 Å². The largest absolute Gasteiger partial charge is 0.488 e. The van der Waals surface area contributed by atoms with E-state index in [9.17, 15) is 9.59 Å². The Morgan fingerprint density at radius 3 is 1.60 bits per heavy atom. The Hall–Kier alpha value is -1.76. The molecule has 0 unspecified atom stereocenters. The first kappa shape index (κ1) is 19.6. The maximum atomic E-state index is 12.3. The molecule has 0 fully saturated rings. The van der Waals surface area contributed by atoms with Crippen molar-refractivity contribution in [3.05, 3.63) is 9.75 Å². The third kappa shape index (κ3) is 5.36. The molecule has 2 heterocycles. The molecule has 0 aromatic carbocycles. The molecule has 2 rings (SSSR count). The maximum absolute atomic E-state index is 12.3. The van der Waals surface area contributed by atoms with Crippen molar-refractivity contribution < 1.29 is 28.5 Å². The minimum absolute atomic E-state index is 0.251. The molecule has 1 aliphatic rings. The molecule has 7 heteroatoms. The van der Waals surface area contributed by atoms with Crippen molar-refractivity contribution in [3.63, 3.8) is 0 Å². The summed E-state index contributed by atoms with van der Waals surface area (Å²) in [4.78, 5) is 25.1. The molecule has 0 amide bonds. The molecular weight excluding hydrogens is 344 g/mol. The van der Waals surface area contributed by atoms with Crippen molar-refractivity contribution in [3.8, 4) is 11.5 Å². The summed E-state index contributed by atoms with van der Waals surface area (Å²) < 4.78 is 21.9. The molecule has 0 saturated carbocycles. The van der Waals surface area contributed by atoms with Gasteiger partial charge in [-0.15, -0.1) is 11.3 Å². The van der Waals surface area contributed by atoms with Crippen LogP contribution in [0.1, 0.15) is 71.7 Å². The molecule has 1 aromatic heterocycles. The maximum Gasteiger partial charge on any atom is 0.352 e. The lowest BCUT2D eigenvalue weighted by molar-refractivity contribution is 0.0516. The standard InChI is InChI=1S/C18H26O6S/c1-3-21-17(19)15-13-14(16(25-15)18(20)22-4-2)24-12-10-8-6-5-7-9-11-23-13/h3-12H2,1-2H3. The van der Waals surface area contributed by atoms with Gasteiger partial charge in [0.25, 0.3) is 0 Å². The molecule has 1 aromatic rings. The van der Waals surface area contributed by atoms with E-state index in [-0.39, 0.29) is 23.0 Å². The van der Waals surface area contributed by atoms with Crippen LogP contribution in [0.3, 0.4) is 0 Å². The van der Waals surface area contributed by atoms with Gasteiger partial charge in [-0.1, -0.05) is 25.7 Å². The Morgan fingerprint density at radius 1 is 0.800 bits per heavy atom. The summed E-state index contributed by atoms with van der Waals surface area (Å²) in [5.41, 5.74) is 0. The first-order valence-electron chi connectivity index (χ1n) is 8.95. The number of esters is 2. The van der Waals surface area contributed by atoms with Crippen LogP contribution >= 0.6 is 11.3 Å². The van der Waals surface area contributed by atoms with Gasteiger partial charge in [-0.3, -0.25) is 0 Å². The van der Waals surface area contributed by atoms with Crippen molar-refractivity contribution >= 4 is 23.3 Å². The van der Waals surface area contributed by atoms with Crippen LogP contribution < -0.4 is 9.47 Å². The lowest BCUT2D eigenvalue weighted by Gasteiger charge is -2.13. The molecule has 0 spiro atoms. The topological polar surface area (TPSA) is 71.1 Å². The van der Waals surface area contributed by atoms with Gasteiger partial charge in [0.1, 0.15) is 0 Å². The predicted octanol–water partition coefficient (Wildman–Crippen LogP) is 4.21. The van der Waals surface area contributed by atoms with Crippen LogP contribution in [-0.2, 0) is 9.47 Å². The van der Waals surface area contributed by atoms with Gasteiger partial charge in [-0.05, 0) is 26.7 Å². The van der Waals surface area contributed by atoms with E-state index in [1.165, 1.54) is 12.8 Å². The molecule has 0 aliphatic carbocycles. The number of carbonyl (C=O) groups is 2. The van der Waals surface area contributed by atoms with Gasteiger partial charge >= 0.3 is 11.9 Å². The molecular formula is C18H26O6S. The van der Waals surface area contributed by atoms with E-state index in [1.54, 1.807) is 13.8 Å². The fourth-order valence-electron chi connectivity index (χ4n) is 2.58. The summed E-state index contributed by atoms with van der Waals surface area (Å²) in [5.74, 6) is -0.385. The Morgan fingerprint density at radius 2 is 1.20 bits per heavy atom. The summed E-state index contributed by atoms with van der Waals surface area (Å²) in [5, 5.41) is 0. The second-order valence-electron chi connectivity index (χ2n) is 5.68. The number of hydrogen-bond acceptors (Lipinski definition) is 7. The minimum atomic E-state index is -0.505. The Kier molecular flexibility index (Phi) is 8.04. The fraction of sp³-hybridized carbons (Fsp3) is 0.667. The zero-order valence-electron chi connectivity index (χ0n) is 14.9. The zero-order valence-corrected chi connectivity index (χ0v) is 15.7. The summed E-state index contributed by atoms with van der Waals surface area (Å²) in [6, 6.07) is 0. The number of hydrogen-bond donors (Lipinski definition) is 0. The minimum Gasteiger partial charge on any atom is -0.488 e. The first-order valence-corrected chi connectivity index (χ1v) is 9.77. The molecule has 0 bridgehead atoms. The number of thiophene rings is 1. The second kappa shape index (κ2) is 10.3. The van der Waals surface area contributed by atoms with Crippen LogP contribution in [0.4, 0.5) is 0 Å². The van der Waals surface area contributed by atoms with Gasteiger partial charge in [0.05, 0.1) is 26.4 Å². The first-order chi connectivity index (χ1) is 12.2. The predicted molar refractivity (Wildman–Crippen MR) is 94.9 cm³/mol. The van der Waals surface area contributed by atoms with Gasteiger partial charge in [0.2, 0.25) is 0 Å². The van der Waals surface area contributed by atoms with Crippen LogP contribution in [0.25, 0.3) is 0 Å². The number of carbonyl (C=O) groups excluding carboxylic acids is 2. The highest BCUT2D eigenvalue weighted by atomic mass is 32.1. The van der Waals surface area contributed by atoms with Crippen molar-refractivity contribution in [1.82, 2.24) is 0 Å². The molecule has 0 atom stereocenters. The van der Waals surface area contributed by atoms with Crippen LogP contribution in [0.5, 0.6) is 11.5 Å². The van der Waals surface area contributed by atoms with Crippen molar-refractivity contribution in [2.75, 3.05) is 26.4 Å². The van der Waals surface area contributed by atoms with Crippen molar-refractivity contribution in [2.45, 2.75) is 52.4 Å². The lowest BCUT2D eigenvalue weighted by atomic mass is 10.1. The summed E-state index contributed by atoms with van der Waals surface area (Å²) in [6.45, 7) is 4.93. The van der Waals surface area contributed by atoms with E-state index in [0.717, 1.165) is 37.0 Å². The summed E-state index contributed by atoms with van der Waals surface area (Å²) in [6.07, 6.45) is 6.29. The monoisotopic (exact) mass is 370 g/mol. The number of ether oxygens (including phenoxy) is 4. The molecule has 6 nitrogen and oxygen atoms in total. The Labute approximate surface area is 152 Å². The smallest absolute Gasteiger partial charge is 0.352 e. The van der Waals surface area contributed by atoms with Gasteiger partial charge in [-0.25, -0.2) is 9.59 Å². The Balaban J connectivity index is 2.37. The fourth-order valence-corrected chi connectivity index (χ4v) is 3.56. The molecule has 0 saturated heterocycles. The number of rotatable bonds is 4. The van der Waals surface area contributed by atoms with E-state index >= 15 is 0 Å². The molecule has 1 aliphatic heterocycles. The highest BCUT2D eigenvalue weighted by Crippen LogP contribution is 2.43. The highest BCUT2D eigenvalue weighted by Gasteiger charge is 2.31. The van der Waals surface area contributed by atoms with Gasteiger partial charge in [0, 0.05) is 0 Å². The van der Waals surface area contributed by atoms with Gasteiger partial charge in [0.15, 0.2) is 21.3 Å². The van der Waals surface area contributed by atoms with E-state index in [1.807, 2.05) is 0 Å². The Bertz CT molecular complexity index is 532. The number of fused-ring (bicyclic) bond motifs is 1. The average Bonchev–Trinajstić information content (AvgIpc) is 2.94. The highest BCUT2D eigenvalue weighted by molar-refractivity contribution is 7.16. The molecule has 25 heavy (non-hydrogen) atoms. The zero-order chi connectivity index (χ0) is 18.1. The van der Waals surface area contributed by atoms with Crippen LogP contribution in [0, 0.1) is 0 Å². The lowest BCUT2D eigenvalue weighted by Crippen LogP contribution is -2.09. The molecule has 140 valence electrons. The van der Waals surface area contributed by atoms with Crippen molar-refractivity contribution in [1.29, 1.82) is 0 Å². The summed E-state index contributed by atoms with van der Waals surface area (Å²) >= 11 is 1.01. The van der Waals surface area contributed by atoms with Gasteiger partial charge < -0.3 is 18.9 Å². The van der Waals surface area contributed by atoms with E-state index in [2.05, 4.69) is 0 Å². The van der Waals surface area contributed by atoms with E-state index in [0.29, 0.717) is 24.7 Å². The molecule has 0 N–H and O–H groups in total. The van der Waals surface area contributed by atoms with E-state index < -0.39 is 11.9 Å². The third-order valence-electron chi connectivity index (χ3n) is 3.78.